The summed E-state index contributed by atoms with van der Waals surface area (Å²) in [6, 6.07) is 7.52. The molecule has 5 nitrogen and oxygen atoms in total. The van der Waals surface area contributed by atoms with Gasteiger partial charge in [0.1, 0.15) is 0 Å². The van der Waals surface area contributed by atoms with Crippen molar-refractivity contribution >= 4 is 17.6 Å². The Kier molecular flexibility index (Phi) is 5.85. The second-order valence-electron chi connectivity index (χ2n) is 5.23. The molecule has 1 saturated heterocycles. The first-order chi connectivity index (χ1) is 10.2. The fourth-order valence-electron chi connectivity index (χ4n) is 2.61. The van der Waals surface area contributed by atoms with Gasteiger partial charge in [-0.3, -0.25) is 0 Å². The lowest BCUT2D eigenvalue weighted by molar-refractivity contribution is 0.0507. The smallest absolute Gasteiger partial charge is 0.314 e. The summed E-state index contributed by atoms with van der Waals surface area (Å²) in [5.41, 5.74) is 1.04. The maximum absolute atomic E-state index is 11.7. The number of halogens is 1. The van der Waals surface area contributed by atoms with Crippen LogP contribution in [0.5, 0.6) is 0 Å². The van der Waals surface area contributed by atoms with Crippen LogP contribution in [0.1, 0.15) is 18.4 Å². The van der Waals surface area contributed by atoms with E-state index in [1.54, 1.807) is 0 Å². The number of benzene rings is 1. The summed E-state index contributed by atoms with van der Waals surface area (Å²) in [5, 5.41) is 14.9. The second kappa shape index (κ2) is 7.64. The molecule has 0 saturated carbocycles. The summed E-state index contributed by atoms with van der Waals surface area (Å²) >= 11 is 5.95. The predicted octanol–water partition coefficient (Wildman–Crippen LogP) is 1.68. The average molecular weight is 313 g/mol. The average Bonchev–Trinajstić information content (AvgIpc) is 2.52. The largest absolute Gasteiger partial charge is 0.395 e. The third kappa shape index (κ3) is 4.33. The van der Waals surface area contributed by atoms with E-state index in [4.69, 9.17) is 21.4 Å². The highest BCUT2D eigenvalue weighted by Crippen LogP contribution is 2.34. The van der Waals surface area contributed by atoms with Crippen molar-refractivity contribution in [2.24, 2.45) is 0 Å². The SMILES string of the molecule is O=C(NCCO)NCC1(c2ccc(Cl)cc2)CCOCC1. The second-order valence-corrected chi connectivity index (χ2v) is 5.67. The molecule has 0 aliphatic carbocycles. The minimum Gasteiger partial charge on any atom is -0.395 e. The highest BCUT2D eigenvalue weighted by Gasteiger charge is 2.34. The van der Waals surface area contributed by atoms with Gasteiger partial charge in [-0.05, 0) is 30.5 Å². The molecule has 0 spiro atoms. The summed E-state index contributed by atoms with van der Waals surface area (Å²) in [4.78, 5) is 11.7. The lowest BCUT2D eigenvalue weighted by Gasteiger charge is -2.38. The zero-order chi connectivity index (χ0) is 15.1. The zero-order valence-corrected chi connectivity index (χ0v) is 12.7. The molecule has 1 aromatic rings. The van der Waals surface area contributed by atoms with Crippen LogP contribution in [-0.4, -0.2) is 44.0 Å². The van der Waals surface area contributed by atoms with E-state index in [1.165, 1.54) is 0 Å². The number of carbonyl (C=O) groups excluding carboxylic acids is 1. The van der Waals surface area contributed by atoms with E-state index in [0.29, 0.717) is 24.8 Å². The number of carbonyl (C=O) groups is 1. The van der Waals surface area contributed by atoms with Crippen molar-refractivity contribution in [1.82, 2.24) is 10.6 Å². The fraction of sp³-hybridized carbons (Fsp3) is 0.533. The van der Waals surface area contributed by atoms with Crippen molar-refractivity contribution in [3.63, 3.8) is 0 Å². The molecular weight excluding hydrogens is 292 g/mol. The molecule has 1 aromatic carbocycles. The van der Waals surface area contributed by atoms with Gasteiger partial charge in [0.2, 0.25) is 0 Å². The van der Waals surface area contributed by atoms with Crippen LogP contribution in [0, 0.1) is 0 Å². The van der Waals surface area contributed by atoms with Crippen molar-refractivity contribution in [2.45, 2.75) is 18.3 Å². The summed E-state index contributed by atoms with van der Waals surface area (Å²) in [7, 11) is 0. The minimum atomic E-state index is -0.260. The molecule has 0 bridgehead atoms. The number of urea groups is 1. The number of hydrogen-bond donors (Lipinski definition) is 3. The summed E-state index contributed by atoms with van der Waals surface area (Å²) in [5.74, 6) is 0. The maximum Gasteiger partial charge on any atom is 0.314 e. The molecule has 0 atom stereocenters. The van der Waals surface area contributed by atoms with Crippen LogP contribution < -0.4 is 10.6 Å². The molecule has 2 rings (SSSR count). The van der Waals surface area contributed by atoms with Crippen LogP contribution in [0.2, 0.25) is 5.02 Å². The van der Waals surface area contributed by atoms with Crippen LogP contribution in [0.3, 0.4) is 0 Å². The number of ether oxygens (including phenoxy) is 1. The molecule has 116 valence electrons. The van der Waals surface area contributed by atoms with Gasteiger partial charge in [-0.15, -0.1) is 0 Å². The Morgan fingerprint density at radius 2 is 1.90 bits per heavy atom. The Morgan fingerprint density at radius 1 is 1.24 bits per heavy atom. The number of aliphatic hydroxyl groups is 1. The van der Waals surface area contributed by atoms with Gasteiger partial charge >= 0.3 is 6.03 Å². The number of rotatable bonds is 5. The molecule has 0 radical (unpaired) electrons. The van der Waals surface area contributed by atoms with Crippen molar-refractivity contribution in [1.29, 1.82) is 0 Å². The summed E-state index contributed by atoms with van der Waals surface area (Å²) in [6.07, 6.45) is 1.71. The van der Waals surface area contributed by atoms with E-state index in [9.17, 15) is 4.79 Å². The molecule has 3 N–H and O–H groups in total. The highest BCUT2D eigenvalue weighted by molar-refractivity contribution is 6.30. The van der Waals surface area contributed by atoms with Crippen LogP contribution in [0.25, 0.3) is 0 Å². The quantitative estimate of drug-likeness (QED) is 0.774. The lowest BCUT2D eigenvalue weighted by atomic mass is 9.74. The molecule has 21 heavy (non-hydrogen) atoms. The van der Waals surface area contributed by atoms with E-state index >= 15 is 0 Å². The number of aliphatic hydroxyl groups excluding tert-OH is 1. The number of nitrogens with one attached hydrogen (secondary N) is 2. The first-order valence-electron chi connectivity index (χ1n) is 7.13. The zero-order valence-electron chi connectivity index (χ0n) is 11.9. The van der Waals surface area contributed by atoms with Gasteiger partial charge in [0, 0.05) is 36.7 Å². The van der Waals surface area contributed by atoms with Crippen molar-refractivity contribution in [3.05, 3.63) is 34.9 Å². The van der Waals surface area contributed by atoms with E-state index in [1.807, 2.05) is 24.3 Å². The number of hydrogen-bond acceptors (Lipinski definition) is 3. The van der Waals surface area contributed by atoms with Gasteiger partial charge in [0.15, 0.2) is 0 Å². The normalized spacial score (nSPS) is 17.2. The molecule has 0 aromatic heterocycles. The van der Waals surface area contributed by atoms with E-state index in [0.717, 1.165) is 18.4 Å². The molecule has 2 amide bonds. The standard InChI is InChI=1S/C15H21ClN2O3/c16-13-3-1-12(2-4-13)15(5-9-21-10-6-15)11-18-14(20)17-7-8-19/h1-4,19H,5-11H2,(H2,17,18,20). The van der Waals surface area contributed by atoms with Crippen molar-refractivity contribution in [2.75, 3.05) is 32.9 Å². The van der Waals surface area contributed by atoms with E-state index in [2.05, 4.69) is 10.6 Å². The predicted molar refractivity (Wildman–Crippen MR) is 81.7 cm³/mol. The van der Waals surface area contributed by atoms with Crippen molar-refractivity contribution in [3.8, 4) is 0 Å². The third-order valence-corrected chi connectivity index (χ3v) is 4.14. The first kappa shape index (κ1) is 16.1. The van der Waals surface area contributed by atoms with E-state index < -0.39 is 0 Å². The van der Waals surface area contributed by atoms with Crippen LogP contribution in [0.4, 0.5) is 4.79 Å². The van der Waals surface area contributed by atoms with Gasteiger partial charge in [-0.2, -0.15) is 0 Å². The van der Waals surface area contributed by atoms with Gasteiger partial charge in [-0.1, -0.05) is 23.7 Å². The van der Waals surface area contributed by atoms with Crippen LogP contribution in [-0.2, 0) is 10.2 Å². The monoisotopic (exact) mass is 312 g/mol. The molecule has 1 aliphatic heterocycles. The minimum absolute atomic E-state index is 0.0659. The molecule has 1 heterocycles. The van der Waals surface area contributed by atoms with Gasteiger partial charge in [-0.25, -0.2) is 4.79 Å². The van der Waals surface area contributed by atoms with Gasteiger partial charge < -0.3 is 20.5 Å². The Balaban J connectivity index is 2.06. The summed E-state index contributed by atoms with van der Waals surface area (Å²) < 4.78 is 5.45. The van der Waals surface area contributed by atoms with Crippen molar-refractivity contribution < 1.29 is 14.6 Å². The van der Waals surface area contributed by atoms with E-state index in [-0.39, 0.29) is 24.6 Å². The van der Waals surface area contributed by atoms with Crippen LogP contribution in [0.15, 0.2) is 24.3 Å². The fourth-order valence-corrected chi connectivity index (χ4v) is 2.74. The Labute approximate surface area is 129 Å². The maximum atomic E-state index is 11.7. The topological polar surface area (TPSA) is 70.6 Å². The molecule has 1 aliphatic rings. The number of amides is 2. The van der Waals surface area contributed by atoms with Gasteiger partial charge in [0.25, 0.3) is 0 Å². The highest BCUT2D eigenvalue weighted by atomic mass is 35.5. The molecule has 6 heteroatoms. The molecule has 0 unspecified atom stereocenters. The molecule has 1 fully saturated rings. The Morgan fingerprint density at radius 3 is 2.52 bits per heavy atom. The molecular formula is C15H21ClN2O3. The summed E-state index contributed by atoms with van der Waals surface area (Å²) in [6.45, 7) is 2.09. The van der Waals surface area contributed by atoms with Gasteiger partial charge in [0.05, 0.1) is 6.61 Å². The first-order valence-corrected chi connectivity index (χ1v) is 7.50. The Bertz CT molecular complexity index is 458. The Hall–Kier alpha value is -1.30. The van der Waals surface area contributed by atoms with Crippen LogP contribution >= 0.6 is 11.6 Å². The lowest BCUT2D eigenvalue weighted by Crippen LogP contribution is -2.47. The third-order valence-electron chi connectivity index (χ3n) is 3.89.